The van der Waals surface area contributed by atoms with Gasteiger partial charge in [-0.3, -0.25) is 4.99 Å². The average Bonchev–Trinajstić information content (AvgIpc) is 2.52. The fourth-order valence-electron chi connectivity index (χ4n) is 2.45. The molecule has 0 spiro atoms. The molecule has 1 heterocycles. The molecule has 122 valence electrons. The lowest BCUT2D eigenvalue weighted by Gasteiger charge is -2.25. The van der Waals surface area contributed by atoms with Crippen molar-refractivity contribution in [2.24, 2.45) is 4.99 Å². The third-order valence-electron chi connectivity index (χ3n) is 3.61. The molecular formula is C17H27N3OS. The van der Waals surface area contributed by atoms with Crippen molar-refractivity contribution in [2.75, 3.05) is 25.1 Å². The van der Waals surface area contributed by atoms with Gasteiger partial charge in [-0.2, -0.15) is 11.8 Å². The van der Waals surface area contributed by atoms with E-state index in [0.717, 1.165) is 24.0 Å². The summed E-state index contributed by atoms with van der Waals surface area (Å²) < 4.78 is 5.93. The van der Waals surface area contributed by atoms with Gasteiger partial charge < -0.3 is 15.4 Å². The fraction of sp³-hybridized carbons (Fsp3) is 0.588. The number of benzene rings is 1. The summed E-state index contributed by atoms with van der Waals surface area (Å²) in [5.41, 5.74) is 1.21. The third-order valence-corrected chi connectivity index (χ3v) is 4.82. The lowest BCUT2D eigenvalue weighted by atomic mass is 10.2. The molecule has 22 heavy (non-hydrogen) atoms. The standard InChI is InChI=1S/C17H27N3OS/c1-13-6-4-8-16(10-13)21-14(2)11-19-17(18-3)20-15-7-5-9-22-12-15/h4,6,8,10,14-15H,5,7,9,11-12H2,1-3H3,(H2,18,19,20). The van der Waals surface area contributed by atoms with Crippen molar-refractivity contribution >= 4 is 17.7 Å². The Bertz CT molecular complexity index is 487. The van der Waals surface area contributed by atoms with Crippen molar-refractivity contribution < 1.29 is 4.74 Å². The number of aliphatic imine (C=N–C) groups is 1. The van der Waals surface area contributed by atoms with Crippen LogP contribution in [0.25, 0.3) is 0 Å². The molecule has 1 aromatic carbocycles. The molecule has 1 saturated heterocycles. The first kappa shape index (κ1) is 17.0. The minimum atomic E-state index is 0.0843. The maximum absolute atomic E-state index is 5.93. The van der Waals surface area contributed by atoms with Gasteiger partial charge in [0.25, 0.3) is 0 Å². The number of ether oxygens (including phenoxy) is 1. The van der Waals surface area contributed by atoms with E-state index in [1.54, 1.807) is 0 Å². The topological polar surface area (TPSA) is 45.7 Å². The predicted octanol–water partition coefficient (Wildman–Crippen LogP) is 2.82. The smallest absolute Gasteiger partial charge is 0.191 e. The van der Waals surface area contributed by atoms with Gasteiger partial charge in [-0.15, -0.1) is 0 Å². The van der Waals surface area contributed by atoms with E-state index in [9.17, 15) is 0 Å². The number of hydrogen-bond acceptors (Lipinski definition) is 3. The average molecular weight is 321 g/mol. The van der Waals surface area contributed by atoms with Crippen LogP contribution in [0.15, 0.2) is 29.3 Å². The Morgan fingerprint density at radius 1 is 1.50 bits per heavy atom. The Hall–Kier alpha value is -1.36. The minimum Gasteiger partial charge on any atom is -0.489 e. The lowest BCUT2D eigenvalue weighted by Crippen LogP contribution is -2.47. The molecule has 0 radical (unpaired) electrons. The molecule has 0 bridgehead atoms. The van der Waals surface area contributed by atoms with Gasteiger partial charge in [0.05, 0.1) is 6.54 Å². The maximum atomic E-state index is 5.93. The number of nitrogens with one attached hydrogen (secondary N) is 2. The molecule has 0 saturated carbocycles. The molecule has 4 nitrogen and oxygen atoms in total. The highest BCUT2D eigenvalue weighted by Gasteiger charge is 2.15. The van der Waals surface area contributed by atoms with Crippen LogP contribution in [0.2, 0.25) is 0 Å². The van der Waals surface area contributed by atoms with E-state index < -0.39 is 0 Å². The van der Waals surface area contributed by atoms with Crippen molar-refractivity contribution in [3.8, 4) is 5.75 Å². The summed E-state index contributed by atoms with van der Waals surface area (Å²) in [5.74, 6) is 4.23. The summed E-state index contributed by atoms with van der Waals surface area (Å²) >= 11 is 2.01. The minimum absolute atomic E-state index is 0.0843. The zero-order valence-electron chi connectivity index (χ0n) is 13.8. The van der Waals surface area contributed by atoms with Crippen molar-refractivity contribution in [1.82, 2.24) is 10.6 Å². The number of hydrogen-bond donors (Lipinski definition) is 2. The Labute approximate surface area is 138 Å². The van der Waals surface area contributed by atoms with Gasteiger partial charge in [-0.25, -0.2) is 0 Å². The number of thioether (sulfide) groups is 1. The van der Waals surface area contributed by atoms with Gasteiger partial charge >= 0.3 is 0 Å². The summed E-state index contributed by atoms with van der Waals surface area (Å²) in [5, 5.41) is 6.85. The summed E-state index contributed by atoms with van der Waals surface area (Å²) in [6, 6.07) is 8.67. The molecule has 0 amide bonds. The van der Waals surface area contributed by atoms with Crippen LogP contribution in [0.3, 0.4) is 0 Å². The quantitative estimate of drug-likeness (QED) is 0.647. The van der Waals surface area contributed by atoms with E-state index >= 15 is 0 Å². The van der Waals surface area contributed by atoms with E-state index in [1.165, 1.54) is 24.2 Å². The maximum Gasteiger partial charge on any atom is 0.191 e. The zero-order chi connectivity index (χ0) is 15.8. The highest BCUT2D eigenvalue weighted by atomic mass is 32.2. The molecule has 1 aromatic rings. The highest BCUT2D eigenvalue weighted by Crippen LogP contribution is 2.17. The molecule has 0 aliphatic carbocycles. The number of nitrogens with zero attached hydrogens (tertiary/aromatic N) is 1. The van der Waals surface area contributed by atoms with E-state index in [2.05, 4.69) is 41.6 Å². The van der Waals surface area contributed by atoms with Crippen molar-refractivity contribution in [1.29, 1.82) is 0 Å². The number of rotatable bonds is 5. The molecule has 2 atom stereocenters. The van der Waals surface area contributed by atoms with Gasteiger partial charge in [0, 0.05) is 18.8 Å². The van der Waals surface area contributed by atoms with Gasteiger partial charge in [0.15, 0.2) is 5.96 Å². The van der Waals surface area contributed by atoms with Crippen LogP contribution < -0.4 is 15.4 Å². The summed E-state index contributed by atoms with van der Waals surface area (Å²) in [4.78, 5) is 4.30. The Morgan fingerprint density at radius 3 is 3.05 bits per heavy atom. The molecule has 1 aliphatic rings. The molecule has 5 heteroatoms. The van der Waals surface area contributed by atoms with Crippen LogP contribution in [0.1, 0.15) is 25.3 Å². The molecule has 0 aromatic heterocycles. The third kappa shape index (κ3) is 5.79. The highest BCUT2D eigenvalue weighted by molar-refractivity contribution is 7.99. The molecule has 1 fully saturated rings. The Kier molecular flexibility index (Phi) is 6.90. The first-order valence-corrected chi connectivity index (χ1v) is 9.11. The van der Waals surface area contributed by atoms with E-state index in [-0.39, 0.29) is 6.10 Å². The van der Waals surface area contributed by atoms with E-state index in [4.69, 9.17) is 4.74 Å². The number of guanidine groups is 1. The molecule has 2 rings (SSSR count). The van der Waals surface area contributed by atoms with Crippen LogP contribution in [-0.2, 0) is 0 Å². The van der Waals surface area contributed by atoms with Gasteiger partial charge in [-0.05, 0) is 50.1 Å². The lowest BCUT2D eigenvalue weighted by molar-refractivity contribution is 0.223. The first-order valence-electron chi connectivity index (χ1n) is 7.95. The van der Waals surface area contributed by atoms with Crippen LogP contribution in [0.4, 0.5) is 0 Å². The normalized spacial score (nSPS) is 20.3. The summed E-state index contributed by atoms with van der Waals surface area (Å²) in [6.45, 7) is 4.87. The largest absolute Gasteiger partial charge is 0.489 e. The summed E-state index contributed by atoms with van der Waals surface area (Å²) in [6.07, 6.45) is 2.59. The summed E-state index contributed by atoms with van der Waals surface area (Å²) in [7, 11) is 1.82. The van der Waals surface area contributed by atoms with Crippen molar-refractivity contribution in [3.63, 3.8) is 0 Å². The van der Waals surface area contributed by atoms with Crippen LogP contribution in [0, 0.1) is 6.92 Å². The van der Waals surface area contributed by atoms with Gasteiger partial charge in [0.2, 0.25) is 0 Å². The Morgan fingerprint density at radius 2 is 2.36 bits per heavy atom. The van der Waals surface area contributed by atoms with Gasteiger partial charge in [-0.1, -0.05) is 12.1 Å². The predicted molar refractivity (Wildman–Crippen MR) is 96.1 cm³/mol. The second-order valence-corrected chi connectivity index (χ2v) is 6.91. The van der Waals surface area contributed by atoms with Crippen LogP contribution in [-0.4, -0.2) is 43.2 Å². The zero-order valence-corrected chi connectivity index (χ0v) is 14.6. The van der Waals surface area contributed by atoms with Crippen molar-refractivity contribution in [2.45, 2.75) is 38.8 Å². The number of aryl methyl sites for hydroxylation is 1. The molecule has 1 aliphatic heterocycles. The van der Waals surface area contributed by atoms with Crippen LogP contribution >= 0.6 is 11.8 Å². The molecular weight excluding hydrogens is 294 g/mol. The first-order chi connectivity index (χ1) is 10.7. The van der Waals surface area contributed by atoms with Crippen molar-refractivity contribution in [3.05, 3.63) is 29.8 Å². The molecule has 2 unspecified atom stereocenters. The molecule has 2 N–H and O–H groups in total. The second-order valence-electron chi connectivity index (χ2n) is 5.76. The van der Waals surface area contributed by atoms with E-state index in [0.29, 0.717) is 6.04 Å². The second kappa shape index (κ2) is 8.93. The monoisotopic (exact) mass is 321 g/mol. The Balaban J connectivity index is 1.75. The van der Waals surface area contributed by atoms with Gasteiger partial charge in [0.1, 0.15) is 11.9 Å². The fourth-order valence-corrected chi connectivity index (χ4v) is 3.52. The SMILES string of the molecule is CN=C(NCC(C)Oc1cccc(C)c1)NC1CCCSC1. The van der Waals surface area contributed by atoms with Crippen LogP contribution in [0.5, 0.6) is 5.75 Å². The van der Waals surface area contributed by atoms with E-state index in [1.807, 2.05) is 30.9 Å².